The minimum Gasteiger partial charge on any atom is -0.467 e. The molecule has 160 valence electrons. The van der Waals surface area contributed by atoms with Crippen molar-refractivity contribution in [3.8, 4) is 23.7 Å². The first-order valence-corrected chi connectivity index (χ1v) is 10.5. The largest absolute Gasteiger partial charge is 0.467 e. The second-order valence-electron chi connectivity index (χ2n) is 6.53. The summed E-state index contributed by atoms with van der Waals surface area (Å²) in [6.45, 7) is -0.485. The lowest BCUT2D eigenvalue weighted by atomic mass is 9.96. The Kier molecular flexibility index (Phi) is 7.59. The molecule has 1 fully saturated rings. The highest BCUT2D eigenvalue weighted by atomic mass is 32.2. The number of hydrogen-bond donors (Lipinski definition) is 3. The highest BCUT2D eigenvalue weighted by Crippen LogP contribution is 2.31. The van der Waals surface area contributed by atoms with Crippen molar-refractivity contribution < 1.29 is 37.7 Å². The van der Waals surface area contributed by atoms with Crippen molar-refractivity contribution in [3.63, 3.8) is 0 Å². The SMILES string of the molecule is COC(=O)C(NC(=O)c1ccc(C#CC#C[C@H](O)CO)cc1)C1(OC)CS(=O)(=O)C1. The van der Waals surface area contributed by atoms with Gasteiger partial charge >= 0.3 is 5.97 Å². The van der Waals surface area contributed by atoms with Crippen LogP contribution in [0.25, 0.3) is 0 Å². The van der Waals surface area contributed by atoms with Crippen LogP contribution in [0.5, 0.6) is 0 Å². The van der Waals surface area contributed by atoms with E-state index in [1.165, 1.54) is 19.2 Å². The highest BCUT2D eigenvalue weighted by molar-refractivity contribution is 7.93. The number of benzene rings is 1. The Morgan fingerprint density at radius 1 is 1.20 bits per heavy atom. The summed E-state index contributed by atoms with van der Waals surface area (Å²) in [6, 6.07) is 4.76. The molecule has 1 amide bonds. The van der Waals surface area contributed by atoms with Gasteiger partial charge in [-0.15, -0.1) is 0 Å². The zero-order valence-electron chi connectivity index (χ0n) is 16.3. The van der Waals surface area contributed by atoms with E-state index in [-0.39, 0.29) is 5.56 Å². The van der Waals surface area contributed by atoms with Crippen LogP contribution >= 0.6 is 0 Å². The number of aliphatic hydroxyl groups is 2. The topological polar surface area (TPSA) is 139 Å². The summed E-state index contributed by atoms with van der Waals surface area (Å²) in [7, 11) is -0.949. The van der Waals surface area contributed by atoms with Crippen LogP contribution in [0.1, 0.15) is 15.9 Å². The van der Waals surface area contributed by atoms with Gasteiger partial charge in [-0.1, -0.05) is 11.8 Å². The Balaban J connectivity index is 2.14. The minimum absolute atomic E-state index is 0.213. The summed E-state index contributed by atoms with van der Waals surface area (Å²) in [6.07, 6.45) is -1.16. The molecule has 1 saturated heterocycles. The maximum Gasteiger partial charge on any atom is 0.331 e. The van der Waals surface area contributed by atoms with Gasteiger partial charge in [0.05, 0.1) is 25.2 Å². The molecule has 3 N–H and O–H groups in total. The van der Waals surface area contributed by atoms with Gasteiger partial charge in [0.2, 0.25) is 0 Å². The second-order valence-corrected chi connectivity index (χ2v) is 8.59. The Hall–Kier alpha value is -2.89. The lowest BCUT2D eigenvalue weighted by Crippen LogP contribution is -2.70. The molecule has 2 atom stereocenters. The van der Waals surface area contributed by atoms with Gasteiger partial charge in [0, 0.05) is 18.2 Å². The van der Waals surface area contributed by atoms with E-state index >= 15 is 0 Å². The summed E-state index contributed by atoms with van der Waals surface area (Å²) in [5.74, 6) is 7.69. The quantitative estimate of drug-likeness (QED) is 0.362. The van der Waals surface area contributed by atoms with Crippen LogP contribution in [0.3, 0.4) is 0 Å². The fraction of sp³-hybridized carbons (Fsp3) is 0.400. The van der Waals surface area contributed by atoms with E-state index in [0.29, 0.717) is 5.56 Å². The molecule has 1 unspecified atom stereocenters. The first-order valence-electron chi connectivity index (χ1n) is 8.71. The summed E-state index contributed by atoms with van der Waals surface area (Å²) in [4.78, 5) is 24.8. The standard InChI is InChI=1S/C20H21NO8S/c1-28-19(25)17(20(29-2)12-30(26,27)13-20)21-18(24)15-9-7-14(8-10-15)5-3-4-6-16(23)11-22/h7-10,16-17,22-23H,11-13H2,1-2H3,(H,21,24)/t16-,17?/m0/s1. The van der Waals surface area contributed by atoms with Crippen molar-refractivity contribution in [2.45, 2.75) is 17.7 Å². The number of methoxy groups -OCH3 is 2. The van der Waals surface area contributed by atoms with Crippen molar-refractivity contribution in [1.82, 2.24) is 5.32 Å². The number of sulfone groups is 1. The van der Waals surface area contributed by atoms with Gasteiger partial charge in [0.25, 0.3) is 5.91 Å². The van der Waals surface area contributed by atoms with Crippen LogP contribution in [-0.2, 0) is 24.1 Å². The molecule has 1 aliphatic heterocycles. The molecule has 1 aromatic carbocycles. The van der Waals surface area contributed by atoms with Gasteiger partial charge in [-0.3, -0.25) is 4.79 Å². The number of carbonyl (C=O) groups excluding carboxylic acids is 2. The highest BCUT2D eigenvalue weighted by Gasteiger charge is 2.58. The van der Waals surface area contributed by atoms with Crippen LogP contribution in [-0.4, -0.2) is 80.6 Å². The van der Waals surface area contributed by atoms with Gasteiger partial charge in [-0.25, -0.2) is 13.2 Å². The molecule has 1 heterocycles. The third kappa shape index (κ3) is 5.59. The van der Waals surface area contributed by atoms with E-state index in [1.807, 2.05) is 0 Å². The maximum absolute atomic E-state index is 12.6. The zero-order chi connectivity index (χ0) is 22.4. The number of carbonyl (C=O) groups is 2. The Bertz CT molecular complexity index is 1010. The van der Waals surface area contributed by atoms with Crippen LogP contribution in [0.15, 0.2) is 24.3 Å². The molecule has 1 aliphatic rings. The van der Waals surface area contributed by atoms with E-state index in [1.54, 1.807) is 12.1 Å². The third-order valence-corrected chi connectivity index (χ3v) is 6.26. The molecule has 0 saturated carbocycles. The average Bonchev–Trinajstić information content (AvgIpc) is 2.72. The first-order chi connectivity index (χ1) is 14.2. The van der Waals surface area contributed by atoms with E-state index in [2.05, 4.69) is 29.0 Å². The smallest absolute Gasteiger partial charge is 0.331 e. The van der Waals surface area contributed by atoms with Crippen molar-refractivity contribution in [1.29, 1.82) is 0 Å². The van der Waals surface area contributed by atoms with Crippen LogP contribution in [0.4, 0.5) is 0 Å². The first kappa shape index (κ1) is 23.4. The molecule has 30 heavy (non-hydrogen) atoms. The van der Waals surface area contributed by atoms with E-state index < -0.39 is 57.6 Å². The molecule has 0 aromatic heterocycles. The number of nitrogens with one attached hydrogen (secondary N) is 1. The molecule has 1 aromatic rings. The number of rotatable bonds is 6. The van der Waals surface area contributed by atoms with Gasteiger partial charge in [0.15, 0.2) is 15.9 Å². The second kappa shape index (κ2) is 9.74. The predicted molar refractivity (Wildman–Crippen MR) is 106 cm³/mol. The molecule has 0 radical (unpaired) electrons. The van der Waals surface area contributed by atoms with Gasteiger partial charge in [0.1, 0.15) is 11.7 Å². The maximum atomic E-state index is 12.6. The molecule has 0 aliphatic carbocycles. The normalized spacial score (nSPS) is 17.6. The Morgan fingerprint density at radius 2 is 1.83 bits per heavy atom. The third-order valence-electron chi connectivity index (χ3n) is 4.40. The summed E-state index contributed by atoms with van der Waals surface area (Å²) in [5.41, 5.74) is -0.628. The molecule has 2 rings (SSSR count). The average molecular weight is 435 g/mol. The molecule has 0 bridgehead atoms. The van der Waals surface area contributed by atoms with Gasteiger partial charge in [-0.2, -0.15) is 0 Å². The number of amides is 1. The van der Waals surface area contributed by atoms with Crippen molar-refractivity contribution in [2.75, 3.05) is 32.3 Å². The molecular formula is C20H21NO8S. The predicted octanol–water partition coefficient (Wildman–Crippen LogP) is -1.52. The van der Waals surface area contributed by atoms with E-state index in [4.69, 9.17) is 19.7 Å². The van der Waals surface area contributed by atoms with E-state index in [0.717, 1.165) is 7.11 Å². The van der Waals surface area contributed by atoms with Crippen molar-refractivity contribution >= 4 is 21.7 Å². The van der Waals surface area contributed by atoms with Gasteiger partial charge < -0.3 is 25.0 Å². The Labute approximate surface area is 174 Å². The molecule has 9 nitrogen and oxygen atoms in total. The molecule has 10 heteroatoms. The summed E-state index contributed by atoms with van der Waals surface area (Å²) in [5, 5.41) is 20.2. The number of aliphatic hydroxyl groups excluding tert-OH is 2. The number of hydrogen-bond acceptors (Lipinski definition) is 8. The minimum atomic E-state index is -3.35. The van der Waals surface area contributed by atoms with Crippen LogP contribution in [0.2, 0.25) is 0 Å². The summed E-state index contributed by atoms with van der Waals surface area (Å²) >= 11 is 0. The van der Waals surface area contributed by atoms with Crippen molar-refractivity contribution in [2.24, 2.45) is 0 Å². The van der Waals surface area contributed by atoms with E-state index in [9.17, 15) is 18.0 Å². The van der Waals surface area contributed by atoms with Crippen LogP contribution in [0, 0.1) is 23.7 Å². The molecular weight excluding hydrogens is 414 g/mol. The lowest BCUT2D eigenvalue weighted by molar-refractivity contribution is -0.150. The zero-order valence-corrected chi connectivity index (χ0v) is 17.2. The summed E-state index contributed by atoms with van der Waals surface area (Å²) < 4.78 is 33.3. The fourth-order valence-corrected chi connectivity index (χ4v) is 4.79. The number of ether oxygens (including phenoxy) is 2. The van der Waals surface area contributed by atoms with Gasteiger partial charge in [-0.05, 0) is 36.1 Å². The lowest BCUT2D eigenvalue weighted by Gasteiger charge is -2.43. The fourth-order valence-electron chi connectivity index (χ4n) is 2.82. The molecule has 0 spiro atoms. The monoisotopic (exact) mass is 435 g/mol. The van der Waals surface area contributed by atoms with Crippen LogP contribution < -0.4 is 5.32 Å². The number of esters is 1. The Morgan fingerprint density at radius 3 is 2.33 bits per heavy atom. The van der Waals surface area contributed by atoms with Crippen molar-refractivity contribution in [3.05, 3.63) is 35.4 Å².